The number of carbonyl (C=O) groups is 2. The van der Waals surface area contributed by atoms with Crippen LogP contribution in [-0.2, 0) is 19.6 Å². The van der Waals surface area contributed by atoms with Crippen LogP contribution in [0.25, 0.3) is 5.76 Å². The number of ketones is 2. The second kappa shape index (κ2) is 6.43. The second-order valence-electron chi connectivity index (χ2n) is 5.35. The normalized spacial score (nSPS) is 16.1. The maximum Gasteiger partial charge on any atom is 0.243 e. The summed E-state index contributed by atoms with van der Waals surface area (Å²) < 4.78 is 25.8. The van der Waals surface area contributed by atoms with Gasteiger partial charge in [-0.3, -0.25) is 9.59 Å². The summed E-state index contributed by atoms with van der Waals surface area (Å²) in [6.45, 7) is 0. The molecule has 1 aromatic rings. The van der Waals surface area contributed by atoms with E-state index in [9.17, 15) is 23.1 Å². The van der Waals surface area contributed by atoms with Gasteiger partial charge in [-0.15, -0.1) is 0 Å². The topological polar surface area (TPSA) is 91.8 Å². The predicted molar refractivity (Wildman–Crippen MR) is 85.7 cm³/mol. The van der Waals surface area contributed by atoms with Crippen LogP contribution in [0.1, 0.15) is 24.8 Å². The first-order valence-corrected chi connectivity index (χ1v) is 8.70. The minimum atomic E-state index is -3.92. The van der Waals surface area contributed by atoms with Gasteiger partial charge in [-0.25, -0.2) is 12.7 Å². The van der Waals surface area contributed by atoms with E-state index < -0.39 is 27.3 Å². The number of rotatable bonds is 3. The SMILES string of the molecule is CN(C)S(=O)(=O)c1cc(Cl)ccc1C(O)=C1C(=O)CCCC1=O. The largest absolute Gasteiger partial charge is 0.506 e. The molecule has 0 spiro atoms. The maximum absolute atomic E-state index is 12.4. The Morgan fingerprint density at radius 2 is 1.74 bits per heavy atom. The zero-order chi connectivity index (χ0) is 17.4. The van der Waals surface area contributed by atoms with Crippen molar-refractivity contribution in [3.8, 4) is 0 Å². The van der Waals surface area contributed by atoms with Crippen LogP contribution >= 0.6 is 11.6 Å². The number of aliphatic hydroxyl groups excluding tert-OH is 1. The van der Waals surface area contributed by atoms with Crippen LogP contribution in [0.3, 0.4) is 0 Å². The number of hydrogen-bond acceptors (Lipinski definition) is 5. The molecule has 0 saturated heterocycles. The molecule has 0 unspecified atom stereocenters. The lowest BCUT2D eigenvalue weighted by atomic mass is 9.90. The highest BCUT2D eigenvalue weighted by Crippen LogP contribution is 2.31. The van der Waals surface area contributed by atoms with Gasteiger partial charge < -0.3 is 5.11 Å². The van der Waals surface area contributed by atoms with Gasteiger partial charge in [0.2, 0.25) is 10.0 Å². The predicted octanol–water partition coefficient (Wildman–Crippen LogP) is 2.18. The number of halogens is 1. The summed E-state index contributed by atoms with van der Waals surface area (Å²) in [6, 6.07) is 3.86. The summed E-state index contributed by atoms with van der Waals surface area (Å²) >= 11 is 5.86. The van der Waals surface area contributed by atoms with Crippen LogP contribution in [-0.4, -0.2) is 43.5 Å². The van der Waals surface area contributed by atoms with Gasteiger partial charge in [0, 0.05) is 37.5 Å². The van der Waals surface area contributed by atoms with Gasteiger partial charge in [-0.05, 0) is 24.6 Å². The van der Waals surface area contributed by atoms with Crippen LogP contribution in [0.2, 0.25) is 5.02 Å². The van der Waals surface area contributed by atoms with Crippen molar-refractivity contribution in [1.29, 1.82) is 0 Å². The summed E-state index contributed by atoms with van der Waals surface area (Å²) in [5.41, 5.74) is -0.449. The number of hydrogen-bond donors (Lipinski definition) is 1. The first-order chi connectivity index (χ1) is 10.7. The minimum absolute atomic E-state index is 0.110. The summed E-state index contributed by atoms with van der Waals surface area (Å²) in [4.78, 5) is 23.7. The smallest absolute Gasteiger partial charge is 0.243 e. The van der Waals surface area contributed by atoms with E-state index in [1.807, 2.05) is 0 Å². The Bertz CT molecular complexity index is 793. The molecule has 0 heterocycles. The average Bonchev–Trinajstić information content (AvgIpc) is 2.46. The maximum atomic E-state index is 12.4. The number of aliphatic hydroxyl groups is 1. The molecule has 1 saturated carbocycles. The van der Waals surface area contributed by atoms with Crippen molar-refractivity contribution < 1.29 is 23.1 Å². The summed E-state index contributed by atoms with van der Waals surface area (Å²) in [6.07, 6.45) is 0.723. The molecular weight excluding hydrogens is 342 g/mol. The molecule has 1 aliphatic rings. The van der Waals surface area contributed by atoms with Gasteiger partial charge in [0.1, 0.15) is 11.3 Å². The van der Waals surface area contributed by atoms with E-state index in [2.05, 4.69) is 0 Å². The molecule has 0 atom stereocenters. The van der Waals surface area contributed by atoms with Crippen LogP contribution in [0.4, 0.5) is 0 Å². The van der Waals surface area contributed by atoms with Crippen LogP contribution < -0.4 is 0 Å². The molecule has 8 heteroatoms. The molecule has 1 fully saturated rings. The number of carbonyl (C=O) groups excluding carboxylic acids is 2. The fourth-order valence-electron chi connectivity index (χ4n) is 2.32. The van der Waals surface area contributed by atoms with Crippen LogP contribution in [0.5, 0.6) is 0 Å². The molecule has 0 aliphatic heterocycles. The van der Waals surface area contributed by atoms with Gasteiger partial charge in [-0.2, -0.15) is 0 Å². The highest BCUT2D eigenvalue weighted by Gasteiger charge is 2.31. The van der Waals surface area contributed by atoms with Gasteiger partial charge in [-0.1, -0.05) is 11.6 Å². The standard InChI is InChI=1S/C15H16ClNO5S/c1-17(2)23(21,22)13-8-9(16)6-7-10(13)15(20)14-11(18)4-3-5-12(14)19/h6-8,20H,3-5H2,1-2H3. The third-order valence-electron chi connectivity index (χ3n) is 3.56. The molecule has 0 bridgehead atoms. The van der Waals surface area contributed by atoms with Crippen LogP contribution in [0, 0.1) is 0 Å². The Balaban J connectivity index is 2.74. The molecule has 124 valence electrons. The average molecular weight is 358 g/mol. The van der Waals surface area contributed by atoms with Crippen molar-refractivity contribution in [3.05, 3.63) is 34.4 Å². The van der Waals surface area contributed by atoms with Gasteiger partial charge in [0.05, 0.1) is 4.90 Å². The van der Waals surface area contributed by atoms with Gasteiger partial charge in [0.25, 0.3) is 0 Å². The molecule has 1 aliphatic carbocycles. The third kappa shape index (κ3) is 3.31. The Hall–Kier alpha value is -1.70. The molecule has 1 aromatic carbocycles. The molecule has 0 radical (unpaired) electrons. The van der Waals surface area contributed by atoms with Crippen molar-refractivity contribution in [2.24, 2.45) is 0 Å². The number of benzene rings is 1. The quantitative estimate of drug-likeness (QED) is 0.508. The molecule has 0 amide bonds. The molecule has 2 rings (SSSR count). The Kier molecular flexibility index (Phi) is 4.93. The van der Waals surface area contributed by atoms with E-state index in [0.29, 0.717) is 6.42 Å². The Morgan fingerprint density at radius 3 is 2.26 bits per heavy atom. The van der Waals surface area contributed by atoms with Crippen molar-refractivity contribution in [1.82, 2.24) is 4.31 Å². The fourth-order valence-corrected chi connectivity index (χ4v) is 3.66. The van der Waals surface area contributed by atoms with E-state index >= 15 is 0 Å². The summed E-state index contributed by atoms with van der Waals surface area (Å²) in [5.74, 6) is -1.58. The van der Waals surface area contributed by atoms with E-state index in [1.165, 1.54) is 32.3 Å². The van der Waals surface area contributed by atoms with E-state index in [4.69, 9.17) is 11.6 Å². The van der Waals surface area contributed by atoms with Gasteiger partial charge in [0.15, 0.2) is 11.6 Å². The number of sulfonamides is 1. The Morgan fingerprint density at radius 1 is 1.17 bits per heavy atom. The number of Topliss-reactive ketones (excluding diaryl/α,β-unsaturated/α-hetero) is 2. The highest BCUT2D eigenvalue weighted by molar-refractivity contribution is 7.89. The second-order valence-corrected chi connectivity index (χ2v) is 7.91. The lowest BCUT2D eigenvalue weighted by Gasteiger charge is -2.18. The monoisotopic (exact) mass is 357 g/mol. The van der Waals surface area contributed by atoms with Crippen molar-refractivity contribution >= 4 is 38.9 Å². The number of nitrogens with zero attached hydrogens (tertiary/aromatic N) is 1. The van der Waals surface area contributed by atoms with Crippen LogP contribution in [0.15, 0.2) is 28.7 Å². The first-order valence-electron chi connectivity index (χ1n) is 6.88. The van der Waals surface area contributed by atoms with E-state index in [1.54, 1.807) is 0 Å². The van der Waals surface area contributed by atoms with Crippen molar-refractivity contribution in [2.45, 2.75) is 24.2 Å². The lowest BCUT2D eigenvalue weighted by Crippen LogP contribution is -2.24. The van der Waals surface area contributed by atoms with E-state index in [-0.39, 0.29) is 33.9 Å². The minimum Gasteiger partial charge on any atom is -0.506 e. The molecule has 1 N–H and O–H groups in total. The molecule has 0 aromatic heterocycles. The molecule has 23 heavy (non-hydrogen) atoms. The molecule has 6 nitrogen and oxygen atoms in total. The highest BCUT2D eigenvalue weighted by atomic mass is 35.5. The van der Waals surface area contributed by atoms with Crippen molar-refractivity contribution in [2.75, 3.05) is 14.1 Å². The zero-order valence-corrected chi connectivity index (χ0v) is 14.2. The van der Waals surface area contributed by atoms with Crippen molar-refractivity contribution in [3.63, 3.8) is 0 Å². The molecular formula is C15H16ClNO5S. The first kappa shape index (κ1) is 17.7. The van der Waals surface area contributed by atoms with E-state index in [0.717, 1.165) is 4.31 Å². The van der Waals surface area contributed by atoms with Gasteiger partial charge >= 0.3 is 0 Å². The fraction of sp³-hybridized carbons (Fsp3) is 0.333. The third-order valence-corrected chi connectivity index (χ3v) is 5.65. The number of allylic oxidation sites excluding steroid dienone is 1. The summed E-state index contributed by atoms with van der Waals surface area (Å²) in [7, 11) is -1.25. The Labute approximate surface area is 139 Å². The summed E-state index contributed by atoms with van der Waals surface area (Å²) in [5, 5.41) is 10.6. The lowest BCUT2D eigenvalue weighted by molar-refractivity contribution is -0.123. The zero-order valence-electron chi connectivity index (χ0n) is 12.7.